The summed E-state index contributed by atoms with van der Waals surface area (Å²) in [5.74, 6) is 1.12. The molecule has 0 N–H and O–H groups in total. The van der Waals surface area contributed by atoms with Gasteiger partial charge >= 0.3 is 0 Å². The molecule has 0 saturated carbocycles. The lowest BCUT2D eigenvalue weighted by Gasteiger charge is -2.35. The Kier molecular flexibility index (Phi) is 5.07. The fourth-order valence-electron chi connectivity index (χ4n) is 5.41. The quantitative estimate of drug-likeness (QED) is 0.511. The van der Waals surface area contributed by atoms with E-state index < -0.39 is 0 Å². The molecule has 26 heavy (non-hydrogen) atoms. The molecule has 0 radical (unpaired) electrons. The van der Waals surface area contributed by atoms with Crippen LogP contribution in [0, 0.1) is 5.92 Å². The van der Waals surface area contributed by atoms with E-state index in [9.17, 15) is 0 Å². The van der Waals surface area contributed by atoms with Crippen molar-refractivity contribution in [2.24, 2.45) is 5.92 Å². The third-order valence-electron chi connectivity index (χ3n) is 6.26. The Bertz CT molecular complexity index is 802. The smallest absolute Gasteiger partial charge is 0.101 e. The molecule has 1 fully saturated rings. The van der Waals surface area contributed by atoms with Gasteiger partial charge in [0.25, 0.3) is 0 Å². The van der Waals surface area contributed by atoms with Crippen LogP contribution < -0.4 is 0 Å². The lowest BCUT2D eigenvalue weighted by atomic mass is 9.73. The van der Waals surface area contributed by atoms with Gasteiger partial charge in [-0.1, -0.05) is 66.2 Å². The molecular formula is C24H29BrN+. The summed E-state index contributed by atoms with van der Waals surface area (Å²) in [6.45, 7) is 9.83. The van der Waals surface area contributed by atoms with Crippen LogP contribution in [0.2, 0.25) is 0 Å². The van der Waals surface area contributed by atoms with Crippen LogP contribution in [0.5, 0.6) is 0 Å². The molecule has 1 saturated heterocycles. The van der Waals surface area contributed by atoms with Gasteiger partial charge in [0.05, 0.1) is 19.6 Å². The maximum absolute atomic E-state index is 3.71. The van der Waals surface area contributed by atoms with Gasteiger partial charge in [0, 0.05) is 16.3 Å². The minimum absolute atomic E-state index is 0.484. The van der Waals surface area contributed by atoms with Crippen molar-refractivity contribution < 1.29 is 4.48 Å². The highest BCUT2D eigenvalue weighted by Crippen LogP contribution is 2.48. The minimum atomic E-state index is 0.484. The van der Waals surface area contributed by atoms with Crippen LogP contribution in [0.3, 0.4) is 0 Å². The largest absolute Gasteiger partial charge is 0.320 e. The molecule has 2 aromatic carbocycles. The number of hydrogen-bond donors (Lipinski definition) is 0. The molecule has 136 valence electrons. The standard InChI is InChI=1S/C24H29BrN/c1-3-12-26(13-4-2)16-20-14-19-10-11-21(25)15-22(19)24(23(20)17-26)18-8-6-5-7-9-18/h5-11,14-15,23-24H,3-4,12-13,16-17H2,1-2H3/q+1. The molecule has 0 spiro atoms. The summed E-state index contributed by atoms with van der Waals surface area (Å²) in [6.07, 6.45) is 5.06. The van der Waals surface area contributed by atoms with Gasteiger partial charge in [-0.05, 0) is 53.3 Å². The third kappa shape index (κ3) is 3.18. The second-order valence-corrected chi connectivity index (χ2v) is 9.03. The number of benzene rings is 2. The van der Waals surface area contributed by atoms with Gasteiger partial charge in [-0.2, -0.15) is 0 Å². The molecule has 2 unspecified atom stereocenters. The van der Waals surface area contributed by atoms with E-state index in [4.69, 9.17) is 0 Å². The highest BCUT2D eigenvalue weighted by Gasteiger charge is 2.46. The predicted octanol–water partition coefficient (Wildman–Crippen LogP) is 6.24. The first-order valence-corrected chi connectivity index (χ1v) is 10.8. The molecule has 0 amide bonds. The van der Waals surface area contributed by atoms with Gasteiger partial charge in [-0.25, -0.2) is 0 Å². The molecule has 4 rings (SSSR count). The van der Waals surface area contributed by atoms with E-state index in [1.165, 1.54) is 64.7 Å². The minimum Gasteiger partial charge on any atom is -0.320 e. The van der Waals surface area contributed by atoms with Crippen molar-refractivity contribution in [2.45, 2.75) is 32.6 Å². The zero-order valence-corrected chi connectivity index (χ0v) is 17.5. The summed E-state index contributed by atoms with van der Waals surface area (Å²) in [7, 11) is 0. The Labute approximate surface area is 166 Å². The van der Waals surface area contributed by atoms with E-state index in [2.05, 4.69) is 84.4 Å². The first-order chi connectivity index (χ1) is 12.7. The molecule has 2 aliphatic rings. The fraction of sp³-hybridized carbons (Fsp3) is 0.417. The van der Waals surface area contributed by atoms with Crippen LogP contribution in [-0.2, 0) is 0 Å². The van der Waals surface area contributed by atoms with Crippen molar-refractivity contribution in [1.82, 2.24) is 0 Å². The van der Waals surface area contributed by atoms with E-state index in [-0.39, 0.29) is 0 Å². The molecule has 2 heteroatoms. The van der Waals surface area contributed by atoms with Crippen molar-refractivity contribution >= 4 is 22.0 Å². The van der Waals surface area contributed by atoms with E-state index >= 15 is 0 Å². The van der Waals surface area contributed by atoms with Crippen LogP contribution in [0.15, 0.2) is 58.6 Å². The number of halogens is 1. The number of nitrogens with zero attached hydrogens (tertiary/aromatic N) is 1. The highest BCUT2D eigenvalue weighted by atomic mass is 79.9. The Morgan fingerprint density at radius 3 is 2.42 bits per heavy atom. The lowest BCUT2D eigenvalue weighted by molar-refractivity contribution is -0.916. The summed E-state index contributed by atoms with van der Waals surface area (Å²) in [6, 6.07) is 18.0. The number of quaternary nitrogens is 1. The Hall–Kier alpha value is -1.38. The van der Waals surface area contributed by atoms with Crippen molar-refractivity contribution in [3.05, 3.63) is 75.3 Å². The topological polar surface area (TPSA) is 0 Å². The van der Waals surface area contributed by atoms with Crippen molar-refractivity contribution in [3.8, 4) is 0 Å². The predicted molar refractivity (Wildman–Crippen MR) is 114 cm³/mol. The summed E-state index contributed by atoms with van der Waals surface area (Å²) >= 11 is 3.71. The molecule has 0 bridgehead atoms. The van der Waals surface area contributed by atoms with E-state index in [1.807, 2.05) is 0 Å². The molecule has 2 atom stereocenters. The zero-order chi connectivity index (χ0) is 18.1. The molecule has 0 aromatic heterocycles. The summed E-state index contributed by atoms with van der Waals surface area (Å²) in [5.41, 5.74) is 6.06. The van der Waals surface area contributed by atoms with Gasteiger partial charge in [0.2, 0.25) is 0 Å². The maximum atomic E-state index is 3.71. The van der Waals surface area contributed by atoms with E-state index in [0.717, 1.165) is 0 Å². The fourth-order valence-corrected chi connectivity index (χ4v) is 5.79. The first-order valence-electron chi connectivity index (χ1n) is 10.1. The van der Waals surface area contributed by atoms with Gasteiger partial charge in [-0.15, -0.1) is 0 Å². The van der Waals surface area contributed by atoms with Gasteiger partial charge in [0.1, 0.15) is 6.54 Å². The maximum Gasteiger partial charge on any atom is 0.101 e. The van der Waals surface area contributed by atoms with Crippen LogP contribution in [0.1, 0.15) is 49.3 Å². The van der Waals surface area contributed by atoms with Crippen LogP contribution >= 0.6 is 15.9 Å². The number of rotatable bonds is 5. The van der Waals surface area contributed by atoms with Gasteiger partial charge < -0.3 is 4.48 Å². The SMILES string of the molecule is CCC[N+]1(CCC)CC2=Cc3ccc(Br)cc3C(c3ccccc3)C2C1. The number of hydrogen-bond acceptors (Lipinski definition) is 0. The molecular weight excluding hydrogens is 382 g/mol. The second-order valence-electron chi connectivity index (χ2n) is 8.12. The summed E-state index contributed by atoms with van der Waals surface area (Å²) < 4.78 is 2.47. The average Bonchev–Trinajstić information content (AvgIpc) is 2.98. The van der Waals surface area contributed by atoms with Crippen molar-refractivity contribution in [2.75, 3.05) is 26.2 Å². The van der Waals surface area contributed by atoms with E-state index in [1.54, 1.807) is 5.57 Å². The monoisotopic (exact) mass is 410 g/mol. The lowest BCUT2D eigenvalue weighted by Crippen LogP contribution is -2.47. The average molecular weight is 411 g/mol. The summed E-state index contributed by atoms with van der Waals surface area (Å²) in [5, 5.41) is 0. The van der Waals surface area contributed by atoms with Crippen LogP contribution in [0.4, 0.5) is 0 Å². The van der Waals surface area contributed by atoms with Gasteiger partial charge in [-0.3, -0.25) is 0 Å². The zero-order valence-electron chi connectivity index (χ0n) is 15.9. The second kappa shape index (κ2) is 7.32. The molecule has 1 aliphatic carbocycles. The Balaban J connectivity index is 1.82. The molecule has 1 aliphatic heterocycles. The molecule has 2 aromatic rings. The van der Waals surface area contributed by atoms with Crippen LogP contribution in [0.25, 0.3) is 6.08 Å². The Morgan fingerprint density at radius 1 is 1.00 bits per heavy atom. The first kappa shape index (κ1) is 18.0. The number of fused-ring (bicyclic) bond motifs is 2. The van der Waals surface area contributed by atoms with Crippen LogP contribution in [-0.4, -0.2) is 30.7 Å². The summed E-state index contributed by atoms with van der Waals surface area (Å²) in [4.78, 5) is 0. The highest BCUT2D eigenvalue weighted by molar-refractivity contribution is 9.10. The normalized spacial score (nSPS) is 23.3. The van der Waals surface area contributed by atoms with E-state index in [0.29, 0.717) is 11.8 Å². The Morgan fingerprint density at radius 2 is 1.73 bits per heavy atom. The molecule has 1 heterocycles. The third-order valence-corrected chi connectivity index (χ3v) is 6.75. The molecule has 1 nitrogen and oxygen atoms in total. The van der Waals surface area contributed by atoms with Crippen molar-refractivity contribution in [3.63, 3.8) is 0 Å². The van der Waals surface area contributed by atoms with Gasteiger partial charge in [0.15, 0.2) is 0 Å². The van der Waals surface area contributed by atoms with Crippen molar-refractivity contribution in [1.29, 1.82) is 0 Å². The number of likely N-dealkylation sites (tertiary alicyclic amines) is 1.